The van der Waals surface area contributed by atoms with Crippen molar-refractivity contribution in [2.75, 3.05) is 4.90 Å². The van der Waals surface area contributed by atoms with Crippen molar-refractivity contribution in [3.8, 4) is 33.4 Å². The highest BCUT2D eigenvalue weighted by atomic mass is 16.3. The number of anilines is 3. The largest absolute Gasteiger partial charge is 0.455 e. The van der Waals surface area contributed by atoms with Gasteiger partial charge in [0.2, 0.25) is 0 Å². The van der Waals surface area contributed by atoms with E-state index in [1.807, 2.05) is 0 Å². The van der Waals surface area contributed by atoms with Crippen LogP contribution in [0.4, 0.5) is 17.1 Å². The number of para-hydroxylation sites is 3. The smallest absolute Gasteiger partial charge is 0.333 e. The summed E-state index contributed by atoms with van der Waals surface area (Å²) in [5.41, 5.74) is 22.5. The maximum Gasteiger partial charge on any atom is 0.333 e. The molecule has 0 radical (unpaired) electrons. The van der Waals surface area contributed by atoms with Gasteiger partial charge in [-0.3, -0.25) is 0 Å². The summed E-state index contributed by atoms with van der Waals surface area (Å²) in [6.07, 6.45) is 0. The highest BCUT2D eigenvalue weighted by Gasteiger charge is 2.47. The van der Waals surface area contributed by atoms with Crippen LogP contribution in [0.5, 0.6) is 0 Å². The van der Waals surface area contributed by atoms with Crippen molar-refractivity contribution in [1.29, 1.82) is 0 Å². The summed E-state index contributed by atoms with van der Waals surface area (Å²) in [7, 11) is 0. The lowest BCUT2D eigenvalue weighted by Gasteiger charge is -2.41. The van der Waals surface area contributed by atoms with Gasteiger partial charge in [-0.15, -0.1) is 0 Å². The molecule has 0 N–H and O–H groups in total. The maximum atomic E-state index is 7.29. The van der Waals surface area contributed by atoms with Crippen LogP contribution in [-0.4, -0.2) is 15.7 Å². The van der Waals surface area contributed by atoms with Gasteiger partial charge >= 0.3 is 6.85 Å². The average molecular weight is 888 g/mol. The molecule has 0 amide bonds. The van der Waals surface area contributed by atoms with Gasteiger partial charge in [0.05, 0.1) is 22.2 Å². The molecule has 5 heteroatoms. The standard InChI is InChI=1S/C65H38BN3O/c1-37-28-29-40-20-8-9-21-43(40)62(37)68-55-35-49-44-22-10-13-25-52(44)67-53-26-14-11-24-46(53)58(64(49)67)60(55)66-61-56(68)36-50-45-23-12-15-27-57(45)70-65(50)59(61)51-34-42(39-18-6-3-7-19-39)33-48-47-32-41(38-16-4-2-5-17-38)30-31-54(47)69(66)63(48)51/h2-36H,1H3. The number of aryl methyl sites for hydroxylation is 1. The Labute approximate surface area is 401 Å². The molecule has 2 aliphatic rings. The zero-order valence-electron chi connectivity index (χ0n) is 38.0. The van der Waals surface area contributed by atoms with Gasteiger partial charge in [-0.1, -0.05) is 158 Å². The number of aromatic nitrogens is 2. The summed E-state index contributed by atoms with van der Waals surface area (Å²) < 4.78 is 12.6. The van der Waals surface area contributed by atoms with Crippen LogP contribution >= 0.6 is 0 Å². The molecular formula is C65H38BN3O. The topological polar surface area (TPSA) is 25.7 Å². The lowest BCUT2D eigenvalue weighted by molar-refractivity contribution is 0.670. The van der Waals surface area contributed by atoms with Crippen LogP contribution in [0.3, 0.4) is 0 Å². The molecule has 0 atom stereocenters. The first-order valence-corrected chi connectivity index (χ1v) is 24.4. The number of hydrogen-bond donors (Lipinski definition) is 0. The Bertz CT molecular complexity index is 4790. The Kier molecular flexibility index (Phi) is 6.94. The van der Waals surface area contributed by atoms with Crippen molar-refractivity contribution in [3.63, 3.8) is 0 Å². The normalized spacial score (nSPS) is 13.2. The zero-order chi connectivity index (χ0) is 45.5. The van der Waals surface area contributed by atoms with Crippen LogP contribution in [0, 0.1) is 6.92 Å². The monoisotopic (exact) mass is 887 g/mol. The van der Waals surface area contributed by atoms with Gasteiger partial charge in [0.25, 0.3) is 0 Å². The van der Waals surface area contributed by atoms with E-state index < -0.39 is 0 Å². The minimum atomic E-state index is -0.223. The molecule has 0 spiro atoms. The van der Waals surface area contributed by atoms with E-state index >= 15 is 0 Å². The molecule has 11 aromatic carbocycles. The molecule has 0 saturated heterocycles. The Morgan fingerprint density at radius 2 is 1.04 bits per heavy atom. The third kappa shape index (κ3) is 4.53. The fourth-order valence-electron chi connectivity index (χ4n) is 13.3. The van der Waals surface area contributed by atoms with Gasteiger partial charge in [0, 0.05) is 82.0 Å². The SMILES string of the molecule is Cc1ccc2ccccc2c1N1c2cc3c(oc4ccccc43)c3c2B(c2c1cc1c4ccccc4n4c5ccccc5c2c14)n1c2ccc(-c4ccccc4)cc2c2cc(-c4ccccc4)cc-3c21. The average Bonchev–Trinajstić information content (AvgIpc) is 4.16. The Balaban J connectivity index is 1.15. The van der Waals surface area contributed by atoms with Crippen LogP contribution in [0.15, 0.2) is 217 Å². The van der Waals surface area contributed by atoms with E-state index in [9.17, 15) is 0 Å². The van der Waals surface area contributed by atoms with Gasteiger partial charge in [-0.05, 0) is 106 Å². The third-order valence-electron chi connectivity index (χ3n) is 16.1. The van der Waals surface area contributed by atoms with E-state index in [0.717, 1.165) is 21.9 Å². The van der Waals surface area contributed by atoms with Crippen LogP contribution < -0.4 is 15.8 Å². The van der Waals surface area contributed by atoms with Crippen LogP contribution in [0.25, 0.3) is 126 Å². The molecule has 4 aromatic heterocycles. The van der Waals surface area contributed by atoms with E-state index in [4.69, 9.17) is 4.42 Å². The minimum Gasteiger partial charge on any atom is -0.455 e. The number of rotatable bonds is 3. The first-order chi connectivity index (χ1) is 34.7. The summed E-state index contributed by atoms with van der Waals surface area (Å²) in [5, 5.41) is 12.3. The molecule has 0 bridgehead atoms. The molecule has 0 aliphatic carbocycles. The second-order valence-corrected chi connectivity index (χ2v) is 19.6. The van der Waals surface area contributed by atoms with Crippen molar-refractivity contribution in [2.24, 2.45) is 0 Å². The van der Waals surface area contributed by atoms with Gasteiger partial charge in [0.15, 0.2) is 0 Å². The maximum absolute atomic E-state index is 7.29. The number of furan rings is 1. The molecule has 0 saturated carbocycles. The van der Waals surface area contributed by atoms with E-state index in [0.29, 0.717) is 0 Å². The van der Waals surface area contributed by atoms with Gasteiger partial charge in [0.1, 0.15) is 11.2 Å². The molecular weight excluding hydrogens is 850 g/mol. The van der Waals surface area contributed by atoms with E-state index in [2.05, 4.69) is 233 Å². The summed E-state index contributed by atoms with van der Waals surface area (Å²) in [6.45, 7) is 2.07. The Hall–Kier alpha value is -9.06. The minimum absolute atomic E-state index is 0.223. The number of nitrogens with zero attached hydrogens (tertiary/aromatic N) is 3. The van der Waals surface area contributed by atoms with E-state index in [-0.39, 0.29) is 6.85 Å². The molecule has 2 aliphatic heterocycles. The fraction of sp³-hybridized carbons (Fsp3) is 0.0154. The highest BCUT2D eigenvalue weighted by Crippen LogP contribution is 2.54. The second-order valence-electron chi connectivity index (χ2n) is 19.6. The van der Waals surface area contributed by atoms with Crippen molar-refractivity contribution in [3.05, 3.63) is 218 Å². The highest BCUT2D eigenvalue weighted by molar-refractivity contribution is 6.92. The van der Waals surface area contributed by atoms with Gasteiger partial charge in [-0.2, -0.15) is 0 Å². The summed E-state index contributed by atoms with van der Waals surface area (Å²) in [4.78, 5) is 2.66. The molecule has 0 fully saturated rings. The van der Waals surface area contributed by atoms with Crippen LogP contribution in [0.1, 0.15) is 5.56 Å². The summed E-state index contributed by atoms with van der Waals surface area (Å²) >= 11 is 0. The predicted octanol–water partition coefficient (Wildman–Crippen LogP) is 16.1. The summed E-state index contributed by atoms with van der Waals surface area (Å²) in [6, 6.07) is 79.1. The molecule has 0 unspecified atom stereocenters. The number of fused-ring (bicyclic) bond motifs is 19. The molecule has 322 valence electrons. The van der Waals surface area contributed by atoms with Crippen LogP contribution in [-0.2, 0) is 0 Å². The molecule has 70 heavy (non-hydrogen) atoms. The van der Waals surface area contributed by atoms with E-state index in [1.165, 1.54) is 138 Å². The molecule has 17 rings (SSSR count). The summed E-state index contributed by atoms with van der Waals surface area (Å²) in [5.74, 6) is 0. The van der Waals surface area contributed by atoms with Crippen LogP contribution in [0.2, 0.25) is 0 Å². The lowest BCUT2D eigenvalue weighted by atomic mass is 9.44. The first kappa shape index (κ1) is 37.0. The zero-order valence-corrected chi connectivity index (χ0v) is 38.0. The van der Waals surface area contributed by atoms with Crippen molar-refractivity contribution in [1.82, 2.24) is 8.88 Å². The Morgan fingerprint density at radius 1 is 0.414 bits per heavy atom. The lowest BCUT2D eigenvalue weighted by Crippen LogP contribution is -2.57. The van der Waals surface area contributed by atoms with Gasteiger partial charge in [-0.25, -0.2) is 0 Å². The molecule has 6 heterocycles. The number of hydrogen-bond acceptors (Lipinski definition) is 2. The van der Waals surface area contributed by atoms with Crippen molar-refractivity contribution >= 4 is 127 Å². The van der Waals surface area contributed by atoms with Crippen molar-refractivity contribution in [2.45, 2.75) is 6.92 Å². The van der Waals surface area contributed by atoms with E-state index in [1.54, 1.807) is 0 Å². The number of benzene rings is 11. The Morgan fingerprint density at radius 3 is 1.86 bits per heavy atom. The van der Waals surface area contributed by atoms with Gasteiger partial charge < -0.3 is 18.2 Å². The second kappa shape index (κ2) is 13.1. The van der Waals surface area contributed by atoms with Crippen molar-refractivity contribution < 1.29 is 4.42 Å². The predicted molar refractivity (Wildman–Crippen MR) is 295 cm³/mol. The molecule has 15 aromatic rings. The fourth-order valence-corrected chi connectivity index (χ4v) is 13.3. The third-order valence-corrected chi connectivity index (χ3v) is 16.1. The first-order valence-electron chi connectivity index (χ1n) is 24.4. The molecule has 4 nitrogen and oxygen atoms in total. The quantitative estimate of drug-likeness (QED) is 0.165.